The zero-order valence-electron chi connectivity index (χ0n) is 12.4. The highest BCUT2D eigenvalue weighted by atomic mass is 16.1. The Hall–Kier alpha value is -2.23. The van der Waals surface area contributed by atoms with Gasteiger partial charge in [-0.2, -0.15) is 0 Å². The van der Waals surface area contributed by atoms with E-state index in [2.05, 4.69) is 11.4 Å². The van der Waals surface area contributed by atoms with Crippen molar-refractivity contribution in [3.05, 3.63) is 47.3 Å². The Bertz CT molecular complexity index is 621. The molecule has 0 aliphatic heterocycles. The minimum absolute atomic E-state index is 0.139. The van der Waals surface area contributed by atoms with Crippen LogP contribution in [0.25, 0.3) is 0 Å². The highest BCUT2D eigenvalue weighted by Crippen LogP contribution is 2.19. The van der Waals surface area contributed by atoms with Crippen LogP contribution >= 0.6 is 0 Å². The number of carbonyl (C=O) groups is 1. The van der Waals surface area contributed by atoms with Gasteiger partial charge in [0, 0.05) is 17.9 Å². The third kappa shape index (κ3) is 3.02. The number of anilines is 2. The molecule has 0 unspecified atom stereocenters. The van der Waals surface area contributed by atoms with Crippen LogP contribution in [0.15, 0.2) is 30.5 Å². The van der Waals surface area contributed by atoms with Gasteiger partial charge in [-0.25, -0.2) is 0 Å². The summed E-state index contributed by atoms with van der Waals surface area (Å²) in [6, 6.07) is 7.88. The molecule has 0 bridgehead atoms. The molecule has 20 heavy (non-hydrogen) atoms. The van der Waals surface area contributed by atoms with Crippen LogP contribution in [0, 0.1) is 13.8 Å². The highest BCUT2D eigenvalue weighted by Gasteiger charge is 2.15. The van der Waals surface area contributed by atoms with E-state index < -0.39 is 0 Å². The van der Waals surface area contributed by atoms with E-state index in [9.17, 15) is 4.79 Å². The molecule has 106 valence electrons. The molecule has 0 saturated carbocycles. The smallest absolute Gasteiger partial charge is 0.272 e. The van der Waals surface area contributed by atoms with Gasteiger partial charge in [0.15, 0.2) is 0 Å². The van der Waals surface area contributed by atoms with Crippen LogP contribution in [0.1, 0.15) is 41.5 Å². The molecule has 0 radical (unpaired) electrons. The molecule has 0 aliphatic rings. The van der Waals surface area contributed by atoms with E-state index in [0.717, 1.165) is 16.8 Å². The molecule has 4 nitrogen and oxygen atoms in total. The van der Waals surface area contributed by atoms with Gasteiger partial charge in [0.1, 0.15) is 5.69 Å². The van der Waals surface area contributed by atoms with Crippen molar-refractivity contribution in [1.29, 1.82) is 0 Å². The first kappa shape index (κ1) is 14.2. The SMILES string of the molecule is Cc1cc(C)cc(NC(=O)c2cc(N)cn2C(C)C)c1. The van der Waals surface area contributed by atoms with Gasteiger partial charge in [-0.1, -0.05) is 6.07 Å². The van der Waals surface area contributed by atoms with Crippen LogP contribution in [0.4, 0.5) is 11.4 Å². The highest BCUT2D eigenvalue weighted by molar-refractivity contribution is 6.04. The number of nitrogens with two attached hydrogens (primary N) is 1. The second-order valence-electron chi connectivity index (χ2n) is 5.49. The molecule has 2 rings (SSSR count). The van der Waals surface area contributed by atoms with Crippen molar-refractivity contribution in [2.75, 3.05) is 11.1 Å². The first-order chi connectivity index (χ1) is 9.36. The number of nitrogens with zero attached hydrogens (tertiary/aromatic N) is 1. The Morgan fingerprint density at radius 3 is 2.30 bits per heavy atom. The summed E-state index contributed by atoms with van der Waals surface area (Å²) in [5.74, 6) is -0.139. The van der Waals surface area contributed by atoms with Crippen molar-refractivity contribution in [1.82, 2.24) is 4.57 Å². The van der Waals surface area contributed by atoms with Crippen LogP contribution < -0.4 is 11.1 Å². The quantitative estimate of drug-likeness (QED) is 0.897. The van der Waals surface area contributed by atoms with Crippen molar-refractivity contribution < 1.29 is 4.79 Å². The summed E-state index contributed by atoms with van der Waals surface area (Å²) in [6.07, 6.45) is 1.79. The number of aromatic nitrogens is 1. The summed E-state index contributed by atoms with van der Waals surface area (Å²) >= 11 is 0. The molecular weight excluding hydrogens is 250 g/mol. The van der Waals surface area contributed by atoms with Crippen molar-refractivity contribution in [2.24, 2.45) is 0 Å². The molecule has 0 aliphatic carbocycles. The predicted octanol–water partition coefficient (Wildman–Crippen LogP) is 3.52. The third-order valence-corrected chi connectivity index (χ3v) is 3.14. The number of aryl methyl sites for hydroxylation is 2. The maximum Gasteiger partial charge on any atom is 0.272 e. The number of benzene rings is 1. The zero-order chi connectivity index (χ0) is 14.9. The topological polar surface area (TPSA) is 60.1 Å². The van der Waals surface area contributed by atoms with E-state index in [0.29, 0.717) is 11.4 Å². The van der Waals surface area contributed by atoms with Crippen LogP contribution in [0.3, 0.4) is 0 Å². The molecule has 2 aromatic rings. The minimum Gasteiger partial charge on any atom is -0.397 e. The van der Waals surface area contributed by atoms with Crippen molar-refractivity contribution in [2.45, 2.75) is 33.7 Å². The molecule has 0 saturated heterocycles. The fraction of sp³-hybridized carbons (Fsp3) is 0.312. The minimum atomic E-state index is -0.139. The molecule has 4 heteroatoms. The largest absolute Gasteiger partial charge is 0.397 e. The van der Waals surface area contributed by atoms with Gasteiger partial charge in [-0.05, 0) is 57.0 Å². The second-order valence-corrected chi connectivity index (χ2v) is 5.49. The average molecular weight is 271 g/mol. The Morgan fingerprint density at radius 1 is 1.15 bits per heavy atom. The molecule has 3 N–H and O–H groups in total. The lowest BCUT2D eigenvalue weighted by Gasteiger charge is -2.13. The summed E-state index contributed by atoms with van der Waals surface area (Å²) < 4.78 is 1.88. The number of hydrogen-bond acceptors (Lipinski definition) is 2. The first-order valence-corrected chi connectivity index (χ1v) is 6.74. The Balaban J connectivity index is 2.28. The Morgan fingerprint density at radius 2 is 1.75 bits per heavy atom. The number of rotatable bonds is 3. The number of amides is 1. The van der Waals surface area contributed by atoms with Gasteiger partial charge in [-0.3, -0.25) is 4.79 Å². The molecular formula is C16H21N3O. The van der Waals surface area contributed by atoms with E-state index in [1.165, 1.54) is 0 Å². The zero-order valence-corrected chi connectivity index (χ0v) is 12.4. The molecule has 1 amide bonds. The van der Waals surface area contributed by atoms with Gasteiger partial charge in [0.2, 0.25) is 0 Å². The van der Waals surface area contributed by atoms with E-state index >= 15 is 0 Å². The summed E-state index contributed by atoms with van der Waals surface area (Å²) in [5, 5.41) is 2.93. The van der Waals surface area contributed by atoms with Gasteiger partial charge in [-0.15, -0.1) is 0 Å². The maximum atomic E-state index is 12.4. The van der Waals surface area contributed by atoms with E-state index in [-0.39, 0.29) is 11.9 Å². The van der Waals surface area contributed by atoms with Gasteiger partial charge >= 0.3 is 0 Å². The first-order valence-electron chi connectivity index (χ1n) is 6.74. The Labute approximate surface area is 119 Å². The Kier molecular flexibility index (Phi) is 3.84. The third-order valence-electron chi connectivity index (χ3n) is 3.14. The van der Waals surface area contributed by atoms with E-state index in [1.54, 1.807) is 12.3 Å². The summed E-state index contributed by atoms with van der Waals surface area (Å²) in [6.45, 7) is 8.06. The number of carbonyl (C=O) groups excluding carboxylic acids is 1. The number of nitrogen functional groups attached to an aromatic ring is 1. The summed E-state index contributed by atoms with van der Waals surface area (Å²) in [4.78, 5) is 12.4. The monoisotopic (exact) mass is 271 g/mol. The standard InChI is InChI=1S/C16H21N3O/c1-10(2)19-9-13(17)8-15(19)16(20)18-14-6-11(3)5-12(4)7-14/h5-10H,17H2,1-4H3,(H,18,20). The van der Waals surface area contributed by atoms with Crippen molar-refractivity contribution in [3.8, 4) is 0 Å². The van der Waals surface area contributed by atoms with Crippen LogP contribution in [-0.4, -0.2) is 10.5 Å². The number of nitrogens with one attached hydrogen (secondary N) is 1. The molecule has 1 aromatic carbocycles. The fourth-order valence-electron chi connectivity index (χ4n) is 2.35. The van der Waals surface area contributed by atoms with Gasteiger partial charge in [0.25, 0.3) is 5.91 Å². The normalized spacial score (nSPS) is 10.8. The molecule has 0 spiro atoms. The number of hydrogen-bond donors (Lipinski definition) is 2. The fourth-order valence-corrected chi connectivity index (χ4v) is 2.35. The maximum absolute atomic E-state index is 12.4. The van der Waals surface area contributed by atoms with E-state index in [1.807, 2.05) is 44.4 Å². The van der Waals surface area contributed by atoms with Crippen LogP contribution in [0.2, 0.25) is 0 Å². The lowest BCUT2D eigenvalue weighted by atomic mass is 10.1. The average Bonchev–Trinajstić information content (AvgIpc) is 2.70. The molecule has 0 fully saturated rings. The van der Waals surface area contributed by atoms with Gasteiger partial charge in [0.05, 0.1) is 5.69 Å². The van der Waals surface area contributed by atoms with E-state index in [4.69, 9.17) is 5.73 Å². The lowest BCUT2D eigenvalue weighted by Crippen LogP contribution is -2.17. The molecule has 1 heterocycles. The van der Waals surface area contributed by atoms with Crippen LogP contribution in [0.5, 0.6) is 0 Å². The molecule has 1 aromatic heterocycles. The molecule has 0 atom stereocenters. The van der Waals surface area contributed by atoms with Crippen molar-refractivity contribution >= 4 is 17.3 Å². The lowest BCUT2D eigenvalue weighted by molar-refractivity contribution is 0.101. The second kappa shape index (κ2) is 5.41. The predicted molar refractivity (Wildman–Crippen MR) is 83.1 cm³/mol. The summed E-state index contributed by atoms with van der Waals surface area (Å²) in [7, 11) is 0. The van der Waals surface area contributed by atoms with Crippen LogP contribution in [-0.2, 0) is 0 Å². The van der Waals surface area contributed by atoms with Gasteiger partial charge < -0.3 is 15.6 Å². The summed E-state index contributed by atoms with van der Waals surface area (Å²) in [5.41, 5.74) is 10.0. The van der Waals surface area contributed by atoms with Crippen molar-refractivity contribution in [3.63, 3.8) is 0 Å².